The van der Waals surface area contributed by atoms with Gasteiger partial charge < -0.3 is 20.3 Å². The summed E-state index contributed by atoms with van der Waals surface area (Å²) in [5.41, 5.74) is 1.40. The van der Waals surface area contributed by atoms with Crippen LogP contribution in [0.25, 0.3) is 0 Å². The smallest absolute Gasteiger partial charge is 0.229 e. The SMILES string of the molecule is COc1cc(Br)ccc1CC(=O)Nc1cnc(N2CCNCC2)nc1. The second-order valence-electron chi connectivity index (χ2n) is 5.69. The largest absolute Gasteiger partial charge is 0.496 e. The number of halogens is 1. The molecular weight excluding hydrogens is 386 g/mol. The van der Waals surface area contributed by atoms with Crippen molar-refractivity contribution in [2.24, 2.45) is 0 Å². The van der Waals surface area contributed by atoms with Crippen LogP contribution in [0.4, 0.5) is 11.6 Å². The van der Waals surface area contributed by atoms with Crippen LogP contribution < -0.4 is 20.3 Å². The molecule has 1 aliphatic heterocycles. The fourth-order valence-electron chi connectivity index (χ4n) is 2.66. The van der Waals surface area contributed by atoms with Crippen molar-refractivity contribution < 1.29 is 9.53 Å². The Morgan fingerprint density at radius 2 is 2.04 bits per heavy atom. The minimum Gasteiger partial charge on any atom is -0.496 e. The predicted molar refractivity (Wildman–Crippen MR) is 100 cm³/mol. The summed E-state index contributed by atoms with van der Waals surface area (Å²) < 4.78 is 6.22. The van der Waals surface area contributed by atoms with E-state index in [9.17, 15) is 4.79 Å². The van der Waals surface area contributed by atoms with E-state index in [4.69, 9.17) is 4.74 Å². The first kappa shape index (κ1) is 17.6. The molecule has 2 heterocycles. The van der Waals surface area contributed by atoms with Crippen molar-refractivity contribution in [1.82, 2.24) is 15.3 Å². The van der Waals surface area contributed by atoms with Gasteiger partial charge in [-0.05, 0) is 12.1 Å². The van der Waals surface area contributed by atoms with Gasteiger partial charge in [0.05, 0.1) is 31.6 Å². The Morgan fingerprint density at radius 3 is 2.72 bits per heavy atom. The van der Waals surface area contributed by atoms with E-state index in [0.717, 1.165) is 36.2 Å². The molecule has 7 nitrogen and oxygen atoms in total. The Labute approximate surface area is 154 Å². The molecule has 1 aliphatic rings. The number of methoxy groups -OCH3 is 1. The number of benzene rings is 1. The average molecular weight is 406 g/mol. The third-order valence-electron chi connectivity index (χ3n) is 3.92. The number of hydrogen-bond donors (Lipinski definition) is 2. The number of nitrogens with zero attached hydrogens (tertiary/aromatic N) is 3. The first-order valence-electron chi connectivity index (χ1n) is 8.05. The van der Waals surface area contributed by atoms with E-state index in [1.165, 1.54) is 0 Å². The van der Waals surface area contributed by atoms with E-state index < -0.39 is 0 Å². The van der Waals surface area contributed by atoms with Crippen molar-refractivity contribution in [3.05, 3.63) is 40.6 Å². The van der Waals surface area contributed by atoms with Crippen LogP contribution in [0.3, 0.4) is 0 Å². The molecule has 0 spiro atoms. The van der Waals surface area contributed by atoms with Gasteiger partial charge in [0.25, 0.3) is 0 Å². The maximum absolute atomic E-state index is 12.3. The van der Waals surface area contributed by atoms with Gasteiger partial charge in [-0.1, -0.05) is 22.0 Å². The number of ether oxygens (including phenoxy) is 1. The van der Waals surface area contributed by atoms with Crippen molar-refractivity contribution >= 4 is 33.5 Å². The summed E-state index contributed by atoms with van der Waals surface area (Å²) >= 11 is 3.39. The Bertz CT molecular complexity index is 732. The molecule has 132 valence electrons. The molecule has 3 rings (SSSR count). The molecule has 0 aliphatic carbocycles. The topological polar surface area (TPSA) is 79.4 Å². The number of nitrogens with one attached hydrogen (secondary N) is 2. The van der Waals surface area contributed by atoms with Crippen LogP contribution in [0.15, 0.2) is 35.1 Å². The number of carbonyl (C=O) groups is 1. The molecule has 1 fully saturated rings. The second kappa shape index (κ2) is 8.26. The number of aromatic nitrogens is 2. The van der Waals surface area contributed by atoms with Crippen molar-refractivity contribution in [2.75, 3.05) is 43.5 Å². The summed E-state index contributed by atoms with van der Waals surface area (Å²) in [6.45, 7) is 3.62. The summed E-state index contributed by atoms with van der Waals surface area (Å²) in [5.74, 6) is 1.23. The number of rotatable bonds is 5. The molecule has 2 N–H and O–H groups in total. The van der Waals surface area contributed by atoms with Gasteiger partial charge in [0.2, 0.25) is 11.9 Å². The van der Waals surface area contributed by atoms with Gasteiger partial charge in [-0.15, -0.1) is 0 Å². The van der Waals surface area contributed by atoms with Crippen LogP contribution in [0.5, 0.6) is 5.75 Å². The molecule has 0 radical (unpaired) electrons. The number of piperazine rings is 1. The first-order chi connectivity index (χ1) is 12.2. The van der Waals surface area contributed by atoms with Crippen molar-refractivity contribution in [3.8, 4) is 5.75 Å². The normalized spacial score (nSPS) is 14.2. The van der Waals surface area contributed by atoms with Gasteiger partial charge in [0, 0.05) is 36.2 Å². The van der Waals surface area contributed by atoms with Crippen LogP contribution in [0, 0.1) is 0 Å². The maximum atomic E-state index is 12.3. The Hall–Kier alpha value is -2.19. The van der Waals surface area contributed by atoms with Crippen molar-refractivity contribution in [2.45, 2.75) is 6.42 Å². The Balaban J connectivity index is 1.61. The lowest BCUT2D eigenvalue weighted by atomic mass is 10.1. The van der Waals surface area contributed by atoms with Gasteiger partial charge in [-0.2, -0.15) is 0 Å². The molecule has 1 aromatic heterocycles. The van der Waals surface area contributed by atoms with Gasteiger partial charge in [-0.25, -0.2) is 9.97 Å². The Morgan fingerprint density at radius 1 is 1.32 bits per heavy atom. The summed E-state index contributed by atoms with van der Waals surface area (Å²) in [4.78, 5) is 23.1. The monoisotopic (exact) mass is 405 g/mol. The van der Waals surface area contributed by atoms with E-state index in [1.54, 1.807) is 19.5 Å². The fraction of sp³-hybridized carbons (Fsp3) is 0.353. The highest BCUT2D eigenvalue weighted by Gasteiger charge is 2.14. The molecule has 8 heteroatoms. The Kier molecular flexibility index (Phi) is 5.83. The van der Waals surface area contributed by atoms with E-state index in [0.29, 0.717) is 17.4 Å². The summed E-state index contributed by atoms with van der Waals surface area (Å²) in [7, 11) is 1.59. The molecule has 25 heavy (non-hydrogen) atoms. The molecular formula is C17H20BrN5O2. The standard InChI is InChI=1S/C17H20BrN5O2/c1-25-15-9-13(18)3-2-12(15)8-16(24)22-14-10-20-17(21-11-14)23-6-4-19-5-7-23/h2-3,9-11,19H,4-8H2,1H3,(H,22,24). The summed E-state index contributed by atoms with van der Waals surface area (Å²) in [5, 5.41) is 6.11. The van der Waals surface area contributed by atoms with Gasteiger partial charge >= 0.3 is 0 Å². The number of anilines is 2. The van der Waals surface area contributed by atoms with Crippen molar-refractivity contribution in [3.63, 3.8) is 0 Å². The molecule has 0 bridgehead atoms. The lowest BCUT2D eigenvalue weighted by Crippen LogP contribution is -2.44. The highest BCUT2D eigenvalue weighted by molar-refractivity contribution is 9.10. The minimum atomic E-state index is -0.140. The lowest BCUT2D eigenvalue weighted by molar-refractivity contribution is -0.115. The number of amides is 1. The number of hydrogen-bond acceptors (Lipinski definition) is 6. The molecule has 0 unspecified atom stereocenters. The first-order valence-corrected chi connectivity index (χ1v) is 8.85. The zero-order chi connectivity index (χ0) is 17.6. The highest BCUT2D eigenvalue weighted by atomic mass is 79.9. The molecule has 1 amide bonds. The average Bonchev–Trinajstić information content (AvgIpc) is 2.64. The highest BCUT2D eigenvalue weighted by Crippen LogP contribution is 2.24. The lowest BCUT2D eigenvalue weighted by Gasteiger charge is -2.27. The van der Waals surface area contributed by atoms with E-state index in [-0.39, 0.29) is 12.3 Å². The third kappa shape index (κ3) is 4.67. The molecule has 1 saturated heterocycles. The van der Waals surface area contributed by atoms with E-state index >= 15 is 0 Å². The fourth-order valence-corrected chi connectivity index (χ4v) is 3.00. The third-order valence-corrected chi connectivity index (χ3v) is 4.42. The van der Waals surface area contributed by atoms with Gasteiger partial charge in [0.15, 0.2) is 0 Å². The zero-order valence-electron chi connectivity index (χ0n) is 14.0. The molecule has 0 saturated carbocycles. The maximum Gasteiger partial charge on any atom is 0.229 e. The summed E-state index contributed by atoms with van der Waals surface area (Å²) in [6, 6.07) is 5.59. The van der Waals surface area contributed by atoms with Crippen LogP contribution in [-0.2, 0) is 11.2 Å². The minimum absolute atomic E-state index is 0.140. The van der Waals surface area contributed by atoms with E-state index in [2.05, 4.69) is 41.4 Å². The van der Waals surface area contributed by atoms with Crippen LogP contribution in [0.1, 0.15) is 5.56 Å². The second-order valence-corrected chi connectivity index (χ2v) is 6.61. The molecule has 2 aromatic rings. The molecule has 1 aromatic carbocycles. The van der Waals surface area contributed by atoms with Gasteiger partial charge in [-0.3, -0.25) is 4.79 Å². The van der Waals surface area contributed by atoms with Crippen LogP contribution in [0.2, 0.25) is 0 Å². The van der Waals surface area contributed by atoms with Gasteiger partial charge in [0.1, 0.15) is 5.75 Å². The molecule has 0 atom stereocenters. The predicted octanol–water partition coefficient (Wildman–Crippen LogP) is 1.84. The van der Waals surface area contributed by atoms with Crippen molar-refractivity contribution in [1.29, 1.82) is 0 Å². The van der Waals surface area contributed by atoms with Crippen LogP contribution in [-0.4, -0.2) is 49.2 Å². The van der Waals surface area contributed by atoms with E-state index in [1.807, 2.05) is 18.2 Å². The quantitative estimate of drug-likeness (QED) is 0.789. The summed E-state index contributed by atoms with van der Waals surface area (Å²) in [6.07, 6.45) is 3.50. The van der Waals surface area contributed by atoms with Crippen LogP contribution >= 0.6 is 15.9 Å². The zero-order valence-corrected chi connectivity index (χ0v) is 15.5. The number of carbonyl (C=O) groups excluding carboxylic acids is 1.